The molecule has 8 nitrogen and oxygen atoms in total. The van der Waals surface area contributed by atoms with Gasteiger partial charge >= 0.3 is 12.0 Å². The van der Waals surface area contributed by atoms with Gasteiger partial charge in [0.15, 0.2) is 10.1 Å². The van der Waals surface area contributed by atoms with Crippen molar-refractivity contribution in [1.29, 1.82) is 0 Å². The van der Waals surface area contributed by atoms with Gasteiger partial charge in [-0.3, -0.25) is 14.9 Å². The van der Waals surface area contributed by atoms with Gasteiger partial charge in [0.1, 0.15) is 12.2 Å². The van der Waals surface area contributed by atoms with Crippen LogP contribution in [0.5, 0.6) is 0 Å². The van der Waals surface area contributed by atoms with Crippen LogP contribution < -0.4 is 10.6 Å². The number of hydrogen-bond donors (Lipinski definition) is 2. The third kappa shape index (κ3) is 6.76. The Labute approximate surface area is 156 Å². The maximum Gasteiger partial charge on any atom is 0.325 e. The lowest BCUT2D eigenvalue weighted by Crippen LogP contribution is -2.19. The van der Waals surface area contributed by atoms with Crippen LogP contribution in [-0.2, 0) is 14.3 Å². The summed E-state index contributed by atoms with van der Waals surface area (Å²) in [5, 5.41) is 12.9. The van der Waals surface area contributed by atoms with E-state index >= 15 is 0 Å². The number of ketones is 1. The number of amides is 2. The average Bonchev–Trinajstić information content (AvgIpc) is 3.02. The molecule has 0 spiro atoms. The van der Waals surface area contributed by atoms with Crippen molar-refractivity contribution in [3.8, 4) is 0 Å². The van der Waals surface area contributed by atoms with Gasteiger partial charge in [-0.05, 0) is 31.2 Å². The van der Waals surface area contributed by atoms with Gasteiger partial charge in [-0.2, -0.15) is 0 Å². The first-order valence-corrected chi connectivity index (χ1v) is 9.23. The van der Waals surface area contributed by atoms with Crippen molar-refractivity contribution in [1.82, 2.24) is 10.2 Å². The third-order valence-corrected chi connectivity index (χ3v) is 4.76. The minimum atomic E-state index is -0.560. The number of anilines is 2. The zero-order valence-corrected chi connectivity index (χ0v) is 15.3. The van der Waals surface area contributed by atoms with Gasteiger partial charge in [0, 0.05) is 5.69 Å². The molecule has 0 saturated carbocycles. The predicted molar refractivity (Wildman–Crippen MR) is 95.9 cm³/mol. The number of ether oxygens (including phenoxy) is 1. The maximum absolute atomic E-state index is 12.8. The van der Waals surface area contributed by atoms with Crippen molar-refractivity contribution in [3.63, 3.8) is 0 Å². The SMILES string of the molecule is CCOC(=O)CC(=O)CSc1nnc(NC(=O)Nc2ccc(F)cc2)s1. The molecule has 0 bridgehead atoms. The lowest BCUT2D eigenvalue weighted by molar-refractivity contribution is -0.145. The van der Waals surface area contributed by atoms with Crippen LogP contribution in [0.15, 0.2) is 28.6 Å². The quantitative estimate of drug-likeness (QED) is 0.304. The van der Waals surface area contributed by atoms with Crippen LogP contribution in [0.3, 0.4) is 0 Å². The molecule has 0 radical (unpaired) electrons. The van der Waals surface area contributed by atoms with Crippen LogP contribution >= 0.6 is 23.1 Å². The molecular weight excluding hydrogens is 383 g/mol. The van der Waals surface area contributed by atoms with Crippen molar-refractivity contribution < 1.29 is 23.5 Å². The van der Waals surface area contributed by atoms with E-state index in [-0.39, 0.29) is 29.7 Å². The van der Waals surface area contributed by atoms with Gasteiger partial charge in [-0.15, -0.1) is 10.2 Å². The summed E-state index contributed by atoms with van der Waals surface area (Å²) < 4.78 is 18.0. The Bertz CT molecular complexity index is 782. The summed E-state index contributed by atoms with van der Waals surface area (Å²) in [6.45, 7) is 1.89. The molecule has 11 heteroatoms. The van der Waals surface area contributed by atoms with E-state index in [1.165, 1.54) is 24.3 Å². The highest BCUT2D eigenvalue weighted by Crippen LogP contribution is 2.25. The monoisotopic (exact) mass is 398 g/mol. The van der Waals surface area contributed by atoms with Crippen LogP contribution in [0, 0.1) is 5.82 Å². The van der Waals surface area contributed by atoms with Gasteiger partial charge in [0.25, 0.3) is 0 Å². The summed E-state index contributed by atoms with van der Waals surface area (Å²) in [6, 6.07) is 4.74. The van der Waals surface area contributed by atoms with Gasteiger partial charge < -0.3 is 10.1 Å². The van der Waals surface area contributed by atoms with Crippen molar-refractivity contribution >= 4 is 51.7 Å². The van der Waals surface area contributed by atoms with Crippen LogP contribution in [-0.4, -0.2) is 40.3 Å². The molecule has 0 fully saturated rings. The summed E-state index contributed by atoms with van der Waals surface area (Å²) in [7, 11) is 0. The van der Waals surface area contributed by atoms with Crippen molar-refractivity contribution in [3.05, 3.63) is 30.1 Å². The lowest BCUT2D eigenvalue weighted by Gasteiger charge is -2.04. The Hall–Kier alpha value is -2.53. The Kier molecular flexibility index (Phi) is 7.48. The lowest BCUT2D eigenvalue weighted by atomic mass is 10.3. The number of nitrogens with zero attached hydrogens (tertiary/aromatic N) is 2. The average molecular weight is 398 g/mol. The number of esters is 1. The van der Waals surface area contributed by atoms with Gasteiger partial charge in [-0.25, -0.2) is 9.18 Å². The second kappa shape index (κ2) is 9.82. The van der Waals surface area contributed by atoms with Crippen LogP contribution in [0.4, 0.5) is 20.0 Å². The first-order chi connectivity index (χ1) is 12.5. The molecule has 0 atom stereocenters. The highest BCUT2D eigenvalue weighted by molar-refractivity contribution is 8.01. The molecule has 2 amide bonds. The Morgan fingerprint density at radius 2 is 1.92 bits per heavy atom. The predicted octanol–water partition coefficient (Wildman–Crippen LogP) is 2.94. The van der Waals surface area contributed by atoms with Crippen LogP contribution in [0.2, 0.25) is 0 Å². The summed E-state index contributed by atoms with van der Waals surface area (Å²) in [5.74, 6) is -1.20. The number of nitrogens with one attached hydrogen (secondary N) is 2. The van der Waals surface area contributed by atoms with Crippen molar-refractivity contribution in [2.75, 3.05) is 23.0 Å². The van der Waals surface area contributed by atoms with Gasteiger partial charge in [-0.1, -0.05) is 23.1 Å². The van der Waals surface area contributed by atoms with E-state index in [2.05, 4.69) is 20.8 Å². The van der Waals surface area contributed by atoms with E-state index in [0.717, 1.165) is 23.1 Å². The maximum atomic E-state index is 12.8. The fourth-order valence-electron chi connectivity index (χ4n) is 1.68. The van der Waals surface area contributed by atoms with Gasteiger partial charge in [0.05, 0.1) is 12.4 Å². The zero-order valence-electron chi connectivity index (χ0n) is 13.7. The van der Waals surface area contributed by atoms with Crippen LogP contribution in [0.1, 0.15) is 13.3 Å². The third-order valence-electron chi connectivity index (χ3n) is 2.73. The number of carbonyl (C=O) groups is 3. The first-order valence-electron chi connectivity index (χ1n) is 7.43. The number of rotatable bonds is 8. The first kappa shape index (κ1) is 19.8. The largest absolute Gasteiger partial charge is 0.466 e. The number of carbonyl (C=O) groups excluding carboxylic acids is 3. The molecule has 0 saturated heterocycles. The Morgan fingerprint density at radius 3 is 2.62 bits per heavy atom. The molecule has 2 N–H and O–H groups in total. The molecule has 26 heavy (non-hydrogen) atoms. The topological polar surface area (TPSA) is 110 Å². The molecule has 2 aromatic rings. The molecule has 2 rings (SSSR count). The second-order valence-corrected chi connectivity index (χ2v) is 6.97. The minimum absolute atomic E-state index is 0.0508. The molecule has 0 aliphatic rings. The number of hydrogen-bond acceptors (Lipinski definition) is 8. The van der Waals surface area contributed by atoms with Crippen molar-refractivity contribution in [2.45, 2.75) is 17.7 Å². The number of halogens is 1. The molecule has 0 aliphatic heterocycles. The molecule has 0 unspecified atom stereocenters. The Balaban J connectivity index is 1.78. The molecule has 1 heterocycles. The van der Waals surface area contributed by atoms with Gasteiger partial charge in [0.2, 0.25) is 5.13 Å². The van der Waals surface area contributed by atoms with E-state index in [4.69, 9.17) is 4.74 Å². The highest BCUT2D eigenvalue weighted by atomic mass is 32.2. The fraction of sp³-hybridized carbons (Fsp3) is 0.267. The molecular formula is C15H15FN4O4S2. The van der Waals surface area contributed by atoms with Crippen molar-refractivity contribution in [2.24, 2.45) is 0 Å². The Morgan fingerprint density at radius 1 is 1.19 bits per heavy atom. The van der Waals surface area contributed by atoms with E-state index in [1.807, 2.05) is 0 Å². The molecule has 1 aromatic carbocycles. The number of benzene rings is 1. The molecule has 0 aliphatic carbocycles. The smallest absolute Gasteiger partial charge is 0.325 e. The summed E-state index contributed by atoms with van der Waals surface area (Å²) in [6.07, 6.45) is -0.287. The van der Waals surface area contributed by atoms with Crippen LogP contribution in [0.25, 0.3) is 0 Å². The van der Waals surface area contributed by atoms with E-state index in [0.29, 0.717) is 10.0 Å². The fourth-order valence-corrected chi connectivity index (χ4v) is 3.28. The number of thioether (sulfide) groups is 1. The number of aromatic nitrogens is 2. The summed E-state index contributed by atoms with van der Waals surface area (Å²) in [5.41, 5.74) is 0.424. The van der Waals surface area contributed by atoms with E-state index in [9.17, 15) is 18.8 Å². The summed E-state index contributed by atoms with van der Waals surface area (Å²) >= 11 is 2.20. The second-order valence-electron chi connectivity index (χ2n) is 4.77. The number of urea groups is 1. The number of Topliss-reactive ketones (excluding diaryl/α,β-unsaturated/α-hetero) is 1. The minimum Gasteiger partial charge on any atom is -0.466 e. The molecule has 1 aromatic heterocycles. The normalized spacial score (nSPS) is 10.2. The standard InChI is InChI=1S/C15H15FN4O4S2/c1-2-24-12(22)7-11(21)8-25-15-20-19-14(26-15)18-13(23)17-10-5-3-9(16)4-6-10/h3-6H,2,7-8H2,1H3,(H2,17,18,19,23). The highest BCUT2D eigenvalue weighted by Gasteiger charge is 2.13. The zero-order chi connectivity index (χ0) is 18.9. The van der Waals surface area contributed by atoms with E-state index < -0.39 is 17.8 Å². The van der Waals surface area contributed by atoms with E-state index in [1.54, 1.807) is 6.92 Å². The summed E-state index contributed by atoms with van der Waals surface area (Å²) in [4.78, 5) is 34.7. The molecule has 138 valence electrons.